The van der Waals surface area contributed by atoms with Gasteiger partial charge in [0.05, 0.1) is 18.8 Å². The number of carbonyl (C=O) groups excluding carboxylic acids is 5. The highest BCUT2D eigenvalue weighted by Crippen LogP contribution is 2.25. The van der Waals surface area contributed by atoms with Crippen LogP contribution in [0.2, 0.25) is 0 Å². The predicted octanol–water partition coefficient (Wildman–Crippen LogP) is 2.52. The summed E-state index contributed by atoms with van der Waals surface area (Å²) in [5.41, 5.74) is 8.34. The lowest BCUT2D eigenvalue weighted by molar-refractivity contribution is -0.143. The Kier molecular flexibility index (Phi) is 14.7. The van der Waals surface area contributed by atoms with Crippen LogP contribution in [0.5, 0.6) is 0 Å². The molecular formula is C41H51N7O6. The third kappa shape index (κ3) is 12.5. The highest BCUT2D eigenvalue weighted by molar-refractivity contribution is 6.38. The van der Waals surface area contributed by atoms with E-state index < -0.39 is 47.7 Å². The molecule has 0 spiro atoms. The van der Waals surface area contributed by atoms with Crippen LogP contribution in [0.1, 0.15) is 61.6 Å². The van der Waals surface area contributed by atoms with Gasteiger partial charge in [0.25, 0.3) is 5.91 Å². The number of aryl methyl sites for hydroxylation is 2. The molecule has 3 aromatic rings. The van der Waals surface area contributed by atoms with Crippen LogP contribution in [0.3, 0.4) is 0 Å². The Balaban J connectivity index is 1.34. The van der Waals surface area contributed by atoms with Crippen molar-refractivity contribution in [1.29, 1.82) is 5.41 Å². The van der Waals surface area contributed by atoms with Crippen LogP contribution in [0.25, 0.3) is 0 Å². The van der Waals surface area contributed by atoms with Gasteiger partial charge in [-0.3, -0.25) is 29.4 Å². The first-order valence-electron chi connectivity index (χ1n) is 18.7. The molecule has 5 rings (SSSR count). The largest absolute Gasteiger partial charge is 0.372 e. The number of hydrogen-bond donors (Lipinski definition) is 6. The molecule has 2 fully saturated rings. The summed E-state index contributed by atoms with van der Waals surface area (Å²) in [6.45, 7) is 0.617. The van der Waals surface area contributed by atoms with Crippen molar-refractivity contribution in [1.82, 2.24) is 26.2 Å². The van der Waals surface area contributed by atoms with Crippen LogP contribution in [0, 0.1) is 5.41 Å². The number of Topliss-reactive ketones (excluding diaryl/α,β-unsaturated/α-hetero) is 1. The predicted molar refractivity (Wildman–Crippen MR) is 204 cm³/mol. The van der Waals surface area contributed by atoms with Gasteiger partial charge in [0.1, 0.15) is 12.1 Å². The molecule has 3 aromatic carbocycles. The number of guanidine groups is 1. The molecule has 2 aliphatic rings. The Bertz CT molecular complexity index is 1720. The Morgan fingerprint density at radius 2 is 1.41 bits per heavy atom. The number of ether oxygens (including phenoxy) is 1. The summed E-state index contributed by atoms with van der Waals surface area (Å²) >= 11 is 0. The van der Waals surface area contributed by atoms with Crippen molar-refractivity contribution in [2.24, 2.45) is 5.73 Å². The molecule has 0 radical (unpaired) electrons. The lowest BCUT2D eigenvalue weighted by Crippen LogP contribution is -2.56. The van der Waals surface area contributed by atoms with Gasteiger partial charge in [-0.25, -0.2) is 0 Å². The van der Waals surface area contributed by atoms with E-state index in [0.717, 1.165) is 29.5 Å². The molecule has 286 valence electrons. The van der Waals surface area contributed by atoms with E-state index in [-0.39, 0.29) is 56.9 Å². The van der Waals surface area contributed by atoms with E-state index >= 15 is 0 Å². The van der Waals surface area contributed by atoms with E-state index in [1.165, 1.54) is 4.90 Å². The first-order chi connectivity index (χ1) is 26.2. The van der Waals surface area contributed by atoms with E-state index in [9.17, 15) is 24.0 Å². The summed E-state index contributed by atoms with van der Waals surface area (Å²) in [5, 5.41) is 18.5. The number of amides is 4. The monoisotopic (exact) mass is 737 g/mol. The van der Waals surface area contributed by atoms with Gasteiger partial charge in [0, 0.05) is 32.0 Å². The second kappa shape index (κ2) is 20.0. The first-order valence-corrected chi connectivity index (χ1v) is 18.7. The number of hydrogen-bond acceptors (Lipinski definition) is 7. The van der Waals surface area contributed by atoms with E-state index in [4.69, 9.17) is 15.9 Å². The van der Waals surface area contributed by atoms with Gasteiger partial charge >= 0.3 is 0 Å². The maximum absolute atomic E-state index is 14.5. The van der Waals surface area contributed by atoms with Crippen LogP contribution >= 0.6 is 0 Å². The highest BCUT2D eigenvalue weighted by atomic mass is 16.5. The zero-order chi connectivity index (χ0) is 38.3. The van der Waals surface area contributed by atoms with Crippen LogP contribution in [0.4, 0.5) is 0 Å². The van der Waals surface area contributed by atoms with Crippen LogP contribution in [-0.2, 0) is 48.2 Å². The Hall–Kier alpha value is -5.56. The van der Waals surface area contributed by atoms with Crippen molar-refractivity contribution in [3.63, 3.8) is 0 Å². The fourth-order valence-corrected chi connectivity index (χ4v) is 6.49. The number of nitrogens with one attached hydrogen (secondary N) is 5. The van der Waals surface area contributed by atoms with Gasteiger partial charge in [-0.1, -0.05) is 91.0 Å². The summed E-state index contributed by atoms with van der Waals surface area (Å²) in [4.78, 5) is 69.7. The van der Waals surface area contributed by atoms with Gasteiger partial charge in [0.2, 0.25) is 23.5 Å². The zero-order valence-corrected chi connectivity index (χ0v) is 30.5. The molecule has 0 aromatic heterocycles. The third-order valence-electron chi connectivity index (χ3n) is 9.61. The average Bonchev–Trinajstić information content (AvgIpc) is 3.90. The fraction of sp³-hybridized carbons (Fsp3) is 0.415. The molecule has 54 heavy (non-hydrogen) atoms. The minimum Gasteiger partial charge on any atom is -0.372 e. The van der Waals surface area contributed by atoms with Gasteiger partial charge in [0.15, 0.2) is 5.96 Å². The van der Waals surface area contributed by atoms with Gasteiger partial charge in [-0.15, -0.1) is 0 Å². The van der Waals surface area contributed by atoms with Crippen molar-refractivity contribution in [3.8, 4) is 0 Å². The molecule has 7 N–H and O–H groups in total. The number of likely N-dealkylation sites (tertiary alicyclic amines) is 1. The molecule has 1 saturated carbocycles. The summed E-state index contributed by atoms with van der Waals surface area (Å²) < 4.78 is 6.24. The highest BCUT2D eigenvalue weighted by Gasteiger charge is 2.44. The Morgan fingerprint density at radius 3 is 2.02 bits per heavy atom. The minimum absolute atomic E-state index is 0.0571. The molecule has 0 unspecified atom stereocenters. The number of nitrogens with two attached hydrogens (primary N) is 1. The normalized spacial score (nSPS) is 17.5. The standard InChI is InChI=1S/C41H51N7O6/c42-41(43)44-24-10-17-33(37(50)39(52)45-31-20-21-31)47-38(51)35-25-32(54-27-30-15-8-3-9-16-30)26-48(35)40(53)34(22-18-28-11-4-1-5-12-28)46-36(49)23-19-29-13-6-2-7-14-29/h1-9,11-16,31-35H,10,17-27H2,(H,45,52)(H,46,49)(H,47,51)(H4,42,43,44)/t32-,33+,34+,35+/m1/s1. The van der Waals surface area contributed by atoms with Crippen molar-refractivity contribution < 1.29 is 28.7 Å². The SMILES string of the molecule is N=C(N)NCCC[C@H](NC(=O)[C@@H]1C[C@@H](OCc2ccccc2)CN1C(=O)[C@H](CCc1ccccc1)NC(=O)CCc1ccccc1)C(=O)C(=O)NC1CC1. The molecule has 4 amide bonds. The van der Waals surface area contributed by atoms with Crippen LogP contribution in [-0.4, -0.2) is 83.6 Å². The van der Waals surface area contributed by atoms with E-state index in [2.05, 4.69) is 21.3 Å². The molecule has 13 nitrogen and oxygen atoms in total. The number of rotatable bonds is 20. The topological polar surface area (TPSA) is 196 Å². The number of nitrogens with zero attached hydrogens (tertiary/aromatic N) is 1. The Labute approximate surface area is 316 Å². The number of carbonyl (C=O) groups is 5. The lowest BCUT2D eigenvalue weighted by Gasteiger charge is -2.30. The lowest BCUT2D eigenvalue weighted by atomic mass is 10.0. The van der Waals surface area contributed by atoms with Crippen LogP contribution < -0.4 is 27.0 Å². The Morgan fingerprint density at radius 1 is 0.796 bits per heavy atom. The average molecular weight is 738 g/mol. The second-order valence-corrected chi connectivity index (χ2v) is 13.9. The summed E-state index contributed by atoms with van der Waals surface area (Å²) in [5.74, 6) is -3.09. The van der Waals surface area contributed by atoms with Crippen molar-refractivity contribution in [2.75, 3.05) is 13.1 Å². The van der Waals surface area contributed by atoms with Gasteiger partial charge < -0.3 is 36.6 Å². The molecule has 0 bridgehead atoms. The summed E-state index contributed by atoms with van der Waals surface area (Å²) in [7, 11) is 0. The molecule has 4 atom stereocenters. The number of benzene rings is 3. The maximum atomic E-state index is 14.5. The van der Waals surface area contributed by atoms with Crippen LogP contribution in [0.15, 0.2) is 91.0 Å². The molecule has 13 heteroatoms. The maximum Gasteiger partial charge on any atom is 0.289 e. The summed E-state index contributed by atoms with van der Waals surface area (Å²) in [6.07, 6.45) is 3.14. The molecule has 1 saturated heterocycles. The second-order valence-electron chi connectivity index (χ2n) is 13.9. The molecular weight excluding hydrogens is 686 g/mol. The molecule has 1 aliphatic carbocycles. The quantitative estimate of drug-likeness (QED) is 0.0441. The molecule has 1 heterocycles. The smallest absolute Gasteiger partial charge is 0.289 e. The minimum atomic E-state index is -1.17. The van der Waals surface area contributed by atoms with E-state index in [1.54, 1.807) is 0 Å². The summed E-state index contributed by atoms with van der Waals surface area (Å²) in [6, 6.07) is 25.7. The van der Waals surface area contributed by atoms with Crippen molar-refractivity contribution >= 4 is 35.4 Å². The third-order valence-corrected chi connectivity index (χ3v) is 9.61. The van der Waals surface area contributed by atoms with E-state index in [1.807, 2.05) is 91.0 Å². The molecule has 1 aliphatic heterocycles. The van der Waals surface area contributed by atoms with E-state index in [0.29, 0.717) is 25.7 Å². The van der Waals surface area contributed by atoms with Crippen molar-refractivity contribution in [3.05, 3.63) is 108 Å². The van der Waals surface area contributed by atoms with Gasteiger partial charge in [-0.05, 0) is 61.6 Å². The van der Waals surface area contributed by atoms with Crippen molar-refractivity contribution in [2.45, 2.75) is 94.7 Å². The fourth-order valence-electron chi connectivity index (χ4n) is 6.49. The number of ketones is 1. The first kappa shape index (κ1) is 39.6. The van der Waals surface area contributed by atoms with Gasteiger partial charge in [-0.2, -0.15) is 0 Å². The zero-order valence-electron chi connectivity index (χ0n) is 30.5.